The van der Waals surface area contributed by atoms with Crippen LogP contribution in [0.3, 0.4) is 0 Å². The predicted octanol–water partition coefficient (Wildman–Crippen LogP) is 5.03. The maximum absolute atomic E-state index is 6.18. The lowest BCUT2D eigenvalue weighted by atomic mass is 10.2. The molecule has 2 aromatic carbocycles. The lowest BCUT2D eigenvalue weighted by Crippen LogP contribution is -2.38. The minimum absolute atomic E-state index is 0.0139. The molecule has 0 aliphatic heterocycles. The fourth-order valence-corrected chi connectivity index (χ4v) is 2.40. The maximum Gasteiger partial charge on any atom is 0.169 e. The Balaban J connectivity index is 2.14. The van der Waals surface area contributed by atoms with E-state index in [2.05, 4.69) is 56.0 Å². The molecule has 2 rings (SSSR count). The van der Waals surface area contributed by atoms with E-state index in [0.29, 0.717) is 0 Å². The van der Waals surface area contributed by atoms with Crippen molar-refractivity contribution in [3.8, 4) is 5.75 Å². The van der Waals surface area contributed by atoms with Crippen LogP contribution in [0.25, 0.3) is 0 Å². The molecule has 21 heavy (non-hydrogen) atoms. The van der Waals surface area contributed by atoms with E-state index in [0.717, 1.165) is 18.7 Å². The molecule has 1 atom stereocenters. The number of nitrogens with zero attached hydrogens (tertiary/aromatic N) is 1. The van der Waals surface area contributed by atoms with Gasteiger partial charge in [0.2, 0.25) is 0 Å². The summed E-state index contributed by atoms with van der Waals surface area (Å²) < 4.78 is 6.18. The lowest BCUT2D eigenvalue weighted by Gasteiger charge is -2.32. The van der Waals surface area contributed by atoms with E-state index < -0.39 is 0 Å². The van der Waals surface area contributed by atoms with E-state index in [4.69, 9.17) is 4.74 Å². The number of ether oxygens (including phenoxy) is 1. The minimum atomic E-state index is 0.0139. The molecule has 0 aliphatic rings. The van der Waals surface area contributed by atoms with Crippen molar-refractivity contribution in [1.29, 1.82) is 0 Å². The van der Waals surface area contributed by atoms with Crippen LogP contribution in [0.5, 0.6) is 5.75 Å². The molecular formula is C19H25NO. The largest absolute Gasteiger partial charge is 0.471 e. The SMILES string of the molecule is CCCCN(c1ccccc1)C(C)Oc1ccccc1C. The quantitative estimate of drug-likeness (QED) is 0.661. The molecule has 0 N–H and O–H groups in total. The zero-order valence-electron chi connectivity index (χ0n) is 13.3. The summed E-state index contributed by atoms with van der Waals surface area (Å²) in [5.41, 5.74) is 2.39. The summed E-state index contributed by atoms with van der Waals surface area (Å²) in [6.45, 7) is 7.43. The van der Waals surface area contributed by atoms with Gasteiger partial charge in [-0.3, -0.25) is 0 Å². The Morgan fingerprint density at radius 1 is 1.00 bits per heavy atom. The van der Waals surface area contributed by atoms with E-state index in [-0.39, 0.29) is 6.23 Å². The number of unbranched alkanes of at least 4 members (excludes halogenated alkanes) is 1. The summed E-state index contributed by atoms with van der Waals surface area (Å²) in [6, 6.07) is 18.7. The van der Waals surface area contributed by atoms with Crippen molar-refractivity contribution in [2.24, 2.45) is 0 Å². The van der Waals surface area contributed by atoms with Gasteiger partial charge in [0, 0.05) is 12.2 Å². The minimum Gasteiger partial charge on any atom is -0.471 e. The van der Waals surface area contributed by atoms with Gasteiger partial charge >= 0.3 is 0 Å². The molecule has 0 saturated heterocycles. The van der Waals surface area contributed by atoms with Crippen molar-refractivity contribution in [3.05, 3.63) is 60.2 Å². The highest BCUT2D eigenvalue weighted by Crippen LogP contribution is 2.22. The first-order valence-corrected chi connectivity index (χ1v) is 7.76. The van der Waals surface area contributed by atoms with Crippen LogP contribution < -0.4 is 9.64 Å². The maximum atomic E-state index is 6.18. The van der Waals surface area contributed by atoms with Crippen LogP contribution in [0.1, 0.15) is 32.3 Å². The Bertz CT molecular complexity index is 538. The number of anilines is 1. The van der Waals surface area contributed by atoms with Crippen molar-refractivity contribution in [3.63, 3.8) is 0 Å². The molecule has 2 heteroatoms. The van der Waals surface area contributed by atoms with E-state index in [1.54, 1.807) is 0 Å². The van der Waals surface area contributed by atoms with Gasteiger partial charge in [0.1, 0.15) is 5.75 Å². The highest BCUT2D eigenvalue weighted by molar-refractivity contribution is 5.46. The number of rotatable bonds is 7. The van der Waals surface area contributed by atoms with E-state index in [9.17, 15) is 0 Å². The fourth-order valence-electron chi connectivity index (χ4n) is 2.40. The first-order chi connectivity index (χ1) is 10.2. The van der Waals surface area contributed by atoms with Gasteiger partial charge in [-0.1, -0.05) is 49.7 Å². The van der Waals surface area contributed by atoms with Crippen LogP contribution in [-0.2, 0) is 0 Å². The fraction of sp³-hybridized carbons (Fsp3) is 0.368. The molecule has 0 saturated carbocycles. The van der Waals surface area contributed by atoms with Gasteiger partial charge in [-0.05, 0) is 44.0 Å². The predicted molar refractivity (Wildman–Crippen MR) is 90.0 cm³/mol. The van der Waals surface area contributed by atoms with Gasteiger partial charge in [-0.2, -0.15) is 0 Å². The number of hydrogen-bond donors (Lipinski definition) is 0. The first-order valence-electron chi connectivity index (χ1n) is 7.76. The topological polar surface area (TPSA) is 12.5 Å². The average molecular weight is 283 g/mol. The van der Waals surface area contributed by atoms with Crippen molar-refractivity contribution < 1.29 is 4.74 Å². The first kappa shape index (κ1) is 15.4. The number of benzene rings is 2. The smallest absolute Gasteiger partial charge is 0.169 e. The van der Waals surface area contributed by atoms with Crippen LogP contribution in [0.15, 0.2) is 54.6 Å². The second-order valence-electron chi connectivity index (χ2n) is 5.37. The van der Waals surface area contributed by atoms with Crippen LogP contribution >= 0.6 is 0 Å². The molecule has 112 valence electrons. The molecule has 1 unspecified atom stereocenters. The van der Waals surface area contributed by atoms with Crippen molar-refractivity contribution in [2.45, 2.75) is 39.8 Å². The molecular weight excluding hydrogens is 258 g/mol. The molecule has 0 heterocycles. The highest BCUT2D eigenvalue weighted by atomic mass is 16.5. The molecule has 0 spiro atoms. The van der Waals surface area contributed by atoms with Crippen molar-refractivity contribution in [1.82, 2.24) is 0 Å². The standard InChI is InChI=1S/C19H25NO/c1-4-5-15-20(18-12-7-6-8-13-18)17(3)21-19-14-10-9-11-16(19)2/h6-14,17H,4-5,15H2,1-3H3. The Hall–Kier alpha value is -1.96. The third-order valence-electron chi connectivity index (χ3n) is 3.67. The van der Waals surface area contributed by atoms with Crippen LogP contribution in [-0.4, -0.2) is 12.8 Å². The molecule has 2 aromatic rings. The van der Waals surface area contributed by atoms with Crippen LogP contribution in [0.2, 0.25) is 0 Å². The van der Waals surface area contributed by atoms with Crippen molar-refractivity contribution in [2.75, 3.05) is 11.4 Å². The number of aryl methyl sites for hydroxylation is 1. The Labute approximate surface area is 128 Å². The molecule has 0 aromatic heterocycles. The Kier molecular flexibility index (Phi) is 5.68. The normalized spacial score (nSPS) is 12.0. The zero-order valence-corrected chi connectivity index (χ0v) is 13.3. The third kappa shape index (κ3) is 4.25. The molecule has 2 nitrogen and oxygen atoms in total. The van der Waals surface area contributed by atoms with Gasteiger partial charge in [-0.25, -0.2) is 0 Å². The summed E-state index contributed by atoms with van der Waals surface area (Å²) in [6.07, 6.45) is 2.36. The van der Waals surface area contributed by atoms with E-state index in [1.807, 2.05) is 24.3 Å². The summed E-state index contributed by atoms with van der Waals surface area (Å²) in [5, 5.41) is 0. The average Bonchev–Trinajstić information content (AvgIpc) is 2.51. The molecule has 0 amide bonds. The second kappa shape index (κ2) is 7.72. The summed E-state index contributed by atoms with van der Waals surface area (Å²) >= 11 is 0. The monoisotopic (exact) mass is 283 g/mol. The molecule has 0 aliphatic carbocycles. The van der Waals surface area contributed by atoms with Gasteiger partial charge < -0.3 is 9.64 Å². The summed E-state index contributed by atoms with van der Waals surface area (Å²) in [7, 11) is 0. The number of hydrogen-bond acceptors (Lipinski definition) is 2. The van der Waals surface area contributed by atoms with E-state index >= 15 is 0 Å². The number of para-hydroxylation sites is 2. The van der Waals surface area contributed by atoms with Crippen molar-refractivity contribution >= 4 is 5.69 Å². The lowest BCUT2D eigenvalue weighted by molar-refractivity contribution is 0.212. The Morgan fingerprint density at radius 2 is 1.67 bits per heavy atom. The summed E-state index contributed by atoms with van der Waals surface area (Å²) in [5.74, 6) is 0.961. The third-order valence-corrected chi connectivity index (χ3v) is 3.67. The molecule has 0 fully saturated rings. The second-order valence-corrected chi connectivity index (χ2v) is 5.37. The van der Waals surface area contributed by atoms with Gasteiger partial charge in [0.05, 0.1) is 0 Å². The highest BCUT2D eigenvalue weighted by Gasteiger charge is 2.16. The van der Waals surface area contributed by atoms with Gasteiger partial charge in [0.25, 0.3) is 0 Å². The van der Waals surface area contributed by atoms with Gasteiger partial charge in [-0.15, -0.1) is 0 Å². The Morgan fingerprint density at radius 3 is 2.33 bits per heavy atom. The van der Waals surface area contributed by atoms with E-state index in [1.165, 1.54) is 17.7 Å². The van der Waals surface area contributed by atoms with Crippen LogP contribution in [0, 0.1) is 6.92 Å². The summed E-state index contributed by atoms with van der Waals surface area (Å²) in [4.78, 5) is 2.33. The molecule has 0 bridgehead atoms. The molecule has 0 radical (unpaired) electrons. The zero-order chi connectivity index (χ0) is 15.1. The van der Waals surface area contributed by atoms with Gasteiger partial charge in [0.15, 0.2) is 6.23 Å². The van der Waals surface area contributed by atoms with Crippen LogP contribution in [0.4, 0.5) is 5.69 Å².